The molecule has 0 heterocycles. The first-order valence-electron chi connectivity index (χ1n) is 10.1. The summed E-state index contributed by atoms with van der Waals surface area (Å²) in [5.41, 5.74) is 2.60. The normalized spacial score (nSPS) is 10.7. The number of hydrogen-bond acceptors (Lipinski definition) is 3. The van der Waals surface area contributed by atoms with Gasteiger partial charge in [-0.05, 0) is 60.0 Å². The van der Waals surface area contributed by atoms with Crippen LogP contribution in [-0.2, 0) is 5.75 Å². The minimum atomic E-state index is -0.249. The zero-order chi connectivity index (χ0) is 22.2. The van der Waals surface area contributed by atoms with E-state index in [0.29, 0.717) is 29.3 Å². The van der Waals surface area contributed by atoms with Gasteiger partial charge in [0.15, 0.2) is 0 Å². The van der Waals surface area contributed by atoms with Crippen LogP contribution in [0.3, 0.4) is 0 Å². The van der Waals surface area contributed by atoms with Crippen LogP contribution in [-0.4, -0.2) is 18.4 Å². The Hall–Kier alpha value is -2.76. The van der Waals surface area contributed by atoms with Crippen LogP contribution in [0.1, 0.15) is 40.1 Å². The number of para-hydroxylation sites is 1. The van der Waals surface area contributed by atoms with Gasteiger partial charge in [0.25, 0.3) is 11.8 Å². The van der Waals surface area contributed by atoms with Crippen LogP contribution in [0, 0.1) is 5.92 Å². The van der Waals surface area contributed by atoms with Gasteiger partial charge in [0, 0.05) is 27.8 Å². The highest BCUT2D eigenvalue weighted by atomic mass is 35.5. The topological polar surface area (TPSA) is 58.2 Å². The molecule has 2 N–H and O–H groups in total. The fourth-order valence-electron chi connectivity index (χ4n) is 2.83. The molecule has 0 aliphatic carbocycles. The molecule has 0 aliphatic rings. The minimum absolute atomic E-state index is 0.195. The molecule has 0 spiro atoms. The lowest BCUT2D eigenvalue weighted by atomic mass is 10.1. The predicted octanol–water partition coefficient (Wildman–Crippen LogP) is 6.27. The first-order valence-corrected chi connectivity index (χ1v) is 11.4. The van der Waals surface area contributed by atoms with E-state index in [1.807, 2.05) is 50.2 Å². The number of benzene rings is 3. The molecular formula is C25H25ClN2O2S. The van der Waals surface area contributed by atoms with Gasteiger partial charge in [-0.3, -0.25) is 9.59 Å². The molecule has 3 aromatic rings. The summed E-state index contributed by atoms with van der Waals surface area (Å²) in [5.74, 6) is 0.699. The van der Waals surface area contributed by atoms with E-state index in [0.717, 1.165) is 21.2 Å². The van der Waals surface area contributed by atoms with E-state index >= 15 is 0 Å². The molecule has 0 aromatic heterocycles. The molecule has 3 rings (SSSR count). The molecule has 0 fully saturated rings. The molecule has 3 aromatic carbocycles. The molecule has 0 bridgehead atoms. The molecule has 31 heavy (non-hydrogen) atoms. The maximum Gasteiger partial charge on any atom is 0.255 e. The van der Waals surface area contributed by atoms with Gasteiger partial charge in [-0.15, -0.1) is 11.8 Å². The Morgan fingerprint density at radius 1 is 0.903 bits per heavy atom. The van der Waals surface area contributed by atoms with Gasteiger partial charge >= 0.3 is 0 Å². The lowest BCUT2D eigenvalue weighted by Crippen LogP contribution is -2.28. The van der Waals surface area contributed by atoms with Crippen LogP contribution in [0.15, 0.2) is 77.7 Å². The smallest absolute Gasteiger partial charge is 0.255 e. The second-order valence-corrected chi connectivity index (χ2v) is 9.03. The monoisotopic (exact) mass is 452 g/mol. The van der Waals surface area contributed by atoms with Crippen molar-refractivity contribution in [3.8, 4) is 0 Å². The van der Waals surface area contributed by atoms with Crippen molar-refractivity contribution in [2.75, 3.05) is 11.9 Å². The molecule has 6 heteroatoms. The number of carbonyl (C=O) groups excluding carboxylic acids is 2. The molecule has 0 saturated heterocycles. The lowest BCUT2D eigenvalue weighted by molar-refractivity contribution is 0.0950. The Kier molecular flexibility index (Phi) is 8.15. The largest absolute Gasteiger partial charge is 0.352 e. The van der Waals surface area contributed by atoms with Crippen molar-refractivity contribution in [1.82, 2.24) is 5.32 Å². The van der Waals surface area contributed by atoms with Crippen LogP contribution < -0.4 is 10.6 Å². The number of carbonyl (C=O) groups is 2. The summed E-state index contributed by atoms with van der Waals surface area (Å²) in [4.78, 5) is 26.3. The summed E-state index contributed by atoms with van der Waals surface area (Å²) in [5, 5.41) is 6.47. The van der Waals surface area contributed by atoms with Gasteiger partial charge in [0.05, 0.1) is 11.3 Å². The molecule has 0 radical (unpaired) electrons. The van der Waals surface area contributed by atoms with E-state index in [2.05, 4.69) is 10.6 Å². The first-order chi connectivity index (χ1) is 14.9. The third-order valence-electron chi connectivity index (χ3n) is 4.53. The van der Waals surface area contributed by atoms with Gasteiger partial charge in [-0.2, -0.15) is 0 Å². The fraction of sp³-hybridized carbons (Fsp3) is 0.200. The Balaban J connectivity index is 1.62. The maximum atomic E-state index is 12.7. The highest BCUT2D eigenvalue weighted by molar-refractivity contribution is 7.98. The fourth-order valence-corrected chi connectivity index (χ4v) is 3.81. The quantitative estimate of drug-likeness (QED) is 0.396. The second-order valence-electron chi connectivity index (χ2n) is 7.54. The minimum Gasteiger partial charge on any atom is -0.352 e. The zero-order valence-corrected chi connectivity index (χ0v) is 19.1. The van der Waals surface area contributed by atoms with E-state index in [-0.39, 0.29) is 11.8 Å². The number of halogens is 1. The average molecular weight is 453 g/mol. The lowest BCUT2D eigenvalue weighted by Gasteiger charge is -2.13. The maximum absolute atomic E-state index is 12.7. The van der Waals surface area contributed by atoms with E-state index in [1.54, 1.807) is 48.2 Å². The summed E-state index contributed by atoms with van der Waals surface area (Å²) < 4.78 is 0. The van der Waals surface area contributed by atoms with Crippen molar-refractivity contribution < 1.29 is 9.59 Å². The summed E-state index contributed by atoms with van der Waals surface area (Å²) >= 11 is 7.63. The van der Waals surface area contributed by atoms with E-state index in [9.17, 15) is 9.59 Å². The van der Waals surface area contributed by atoms with Gasteiger partial charge < -0.3 is 10.6 Å². The Bertz CT molecular complexity index is 1030. The van der Waals surface area contributed by atoms with Crippen molar-refractivity contribution in [3.63, 3.8) is 0 Å². The van der Waals surface area contributed by atoms with Crippen LogP contribution in [0.4, 0.5) is 5.69 Å². The van der Waals surface area contributed by atoms with Crippen LogP contribution in [0.25, 0.3) is 0 Å². The second kappa shape index (κ2) is 11.0. The first kappa shape index (κ1) is 22.9. The molecule has 0 saturated carbocycles. The molecule has 2 amide bonds. The molecule has 0 aliphatic heterocycles. The van der Waals surface area contributed by atoms with Crippen LogP contribution in [0.5, 0.6) is 0 Å². The zero-order valence-electron chi connectivity index (χ0n) is 17.5. The number of amides is 2. The summed E-state index contributed by atoms with van der Waals surface area (Å²) in [6.45, 7) is 4.65. The predicted molar refractivity (Wildman–Crippen MR) is 129 cm³/mol. The van der Waals surface area contributed by atoms with Gasteiger partial charge in [-0.25, -0.2) is 0 Å². The number of hydrogen-bond donors (Lipinski definition) is 2. The third-order valence-corrected chi connectivity index (χ3v) is 5.86. The molecule has 0 atom stereocenters. The Morgan fingerprint density at radius 3 is 2.26 bits per heavy atom. The number of rotatable bonds is 8. The standard InChI is InChI=1S/C25H25ClN2O2S/c1-17(2)15-27-25(30)22-5-3-4-6-23(22)28-24(29)19-9-7-18(8-10-19)16-31-21-13-11-20(26)12-14-21/h3-14,17H,15-16H2,1-2H3,(H,27,30)(H,28,29). The van der Waals surface area contributed by atoms with Crippen molar-refractivity contribution in [2.45, 2.75) is 24.5 Å². The Morgan fingerprint density at radius 2 is 1.58 bits per heavy atom. The highest BCUT2D eigenvalue weighted by Crippen LogP contribution is 2.24. The summed E-state index contributed by atoms with van der Waals surface area (Å²) in [6, 6.07) is 22.2. The van der Waals surface area contributed by atoms with Crippen LogP contribution >= 0.6 is 23.4 Å². The van der Waals surface area contributed by atoms with E-state index in [1.165, 1.54) is 0 Å². The summed E-state index contributed by atoms with van der Waals surface area (Å²) in [7, 11) is 0. The van der Waals surface area contributed by atoms with Crippen molar-refractivity contribution in [2.24, 2.45) is 5.92 Å². The van der Waals surface area contributed by atoms with Crippen molar-refractivity contribution in [1.29, 1.82) is 0 Å². The highest BCUT2D eigenvalue weighted by Gasteiger charge is 2.14. The molecular weight excluding hydrogens is 428 g/mol. The van der Waals surface area contributed by atoms with Gasteiger partial charge in [0.2, 0.25) is 0 Å². The Labute approximate surface area is 192 Å². The number of nitrogens with one attached hydrogen (secondary N) is 2. The summed E-state index contributed by atoms with van der Waals surface area (Å²) in [6.07, 6.45) is 0. The number of anilines is 1. The van der Waals surface area contributed by atoms with E-state index in [4.69, 9.17) is 11.6 Å². The SMILES string of the molecule is CC(C)CNC(=O)c1ccccc1NC(=O)c1ccc(CSc2ccc(Cl)cc2)cc1. The average Bonchev–Trinajstić information content (AvgIpc) is 2.77. The third kappa shape index (κ3) is 6.88. The molecule has 160 valence electrons. The van der Waals surface area contributed by atoms with Crippen LogP contribution in [0.2, 0.25) is 5.02 Å². The van der Waals surface area contributed by atoms with E-state index < -0.39 is 0 Å². The molecule has 0 unspecified atom stereocenters. The van der Waals surface area contributed by atoms with Crippen molar-refractivity contribution in [3.05, 3.63) is 94.5 Å². The van der Waals surface area contributed by atoms with Gasteiger partial charge in [0.1, 0.15) is 0 Å². The van der Waals surface area contributed by atoms with Crippen molar-refractivity contribution >= 4 is 40.9 Å². The molecule has 4 nitrogen and oxygen atoms in total. The number of thioether (sulfide) groups is 1. The van der Waals surface area contributed by atoms with Gasteiger partial charge in [-0.1, -0.05) is 49.7 Å².